The van der Waals surface area contributed by atoms with Crippen LogP contribution in [0, 0.1) is 0 Å². The molecule has 0 bridgehead atoms. The van der Waals surface area contributed by atoms with Crippen LogP contribution in [-0.2, 0) is 28.7 Å². The Morgan fingerprint density at radius 3 is 2.12 bits per heavy atom. The van der Waals surface area contributed by atoms with Crippen LogP contribution < -0.4 is 10.6 Å². The zero-order chi connectivity index (χ0) is 18.9. The SMILES string of the molecule is CC(=O)NCC(=O)NC(CCC(=O)OC(C)(C)C)C(=O)OC(C)C. The molecule has 138 valence electrons. The molecule has 0 aromatic carbocycles. The normalized spacial score (nSPS) is 12.3. The number of carbonyl (C=O) groups is 4. The number of hydrogen-bond donors (Lipinski definition) is 2. The van der Waals surface area contributed by atoms with Gasteiger partial charge in [-0.2, -0.15) is 0 Å². The smallest absolute Gasteiger partial charge is 0.328 e. The van der Waals surface area contributed by atoms with E-state index in [4.69, 9.17) is 9.47 Å². The first-order valence-electron chi connectivity index (χ1n) is 7.87. The Morgan fingerprint density at radius 1 is 1.08 bits per heavy atom. The van der Waals surface area contributed by atoms with Crippen LogP contribution in [0.15, 0.2) is 0 Å². The fourth-order valence-electron chi connectivity index (χ4n) is 1.67. The number of ether oxygens (including phenoxy) is 2. The lowest BCUT2D eigenvalue weighted by Gasteiger charge is -2.21. The molecule has 24 heavy (non-hydrogen) atoms. The fraction of sp³-hybridized carbons (Fsp3) is 0.750. The van der Waals surface area contributed by atoms with Gasteiger partial charge in [-0.15, -0.1) is 0 Å². The minimum absolute atomic E-state index is 0.0461. The van der Waals surface area contributed by atoms with Gasteiger partial charge in [-0.1, -0.05) is 0 Å². The van der Waals surface area contributed by atoms with Crippen molar-refractivity contribution >= 4 is 23.8 Å². The molecule has 8 heteroatoms. The maximum Gasteiger partial charge on any atom is 0.328 e. The summed E-state index contributed by atoms with van der Waals surface area (Å²) >= 11 is 0. The van der Waals surface area contributed by atoms with E-state index < -0.39 is 29.5 Å². The Morgan fingerprint density at radius 2 is 1.67 bits per heavy atom. The Balaban J connectivity index is 4.69. The van der Waals surface area contributed by atoms with E-state index in [0.717, 1.165) is 0 Å². The molecular weight excluding hydrogens is 316 g/mol. The first kappa shape index (κ1) is 21.9. The largest absolute Gasteiger partial charge is 0.461 e. The molecule has 0 fully saturated rings. The molecule has 2 amide bonds. The molecule has 0 rings (SSSR count). The summed E-state index contributed by atoms with van der Waals surface area (Å²) in [4.78, 5) is 46.4. The number of esters is 2. The van der Waals surface area contributed by atoms with E-state index in [1.165, 1.54) is 6.92 Å². The van der Waals surface area contributed by atoms with Gasteiger partial charge in [0.1, 0.15) is 11.6 Å². The van der Waals surface area contributed by atoms with Gasteiger partial charge in [-0.3, -0.25) is 14.4 Å². The molecular formula is C16H28N2O6. The van der Waals surface area contributed by atoms with Crippen LogP contribution in [0.5, 0.6) is 0 Å². The maximum absolute atomic E-state index is 12.0. The van der Waals surface area contributed by atoms with Crippen LogP contribution >= 0.6 is 0 Å². The van der Waals surface area contributed by atoms with Crippen molar-refractivity contribution in [3.8, 4) is 0 Å². The number of carbonyl (C=O) groups excluding carboxylic acids is 4. The van der Waals surface area contributed by atoms with Crippen molar-refractivity contribution in [2.45, 2.75) is 72.1 Å². The average Bonchev–Trinajstić information content (AvgIpc) is 2.38. The van der Waals surface area contributed by atoms with Crippen molar-refractivity contribution < 1.29 is 28.7 Å². The van der Waals surface area contributed by atoms with Gasteiger partial charge in [0.15, 0.2) is 0 Å². The molecule has 0 heterocycles. The van der Waals surface area contributed by atoms with Gasteiger partial charge in [0.25, 0.3) is 0 Å². The van der Waals surface area contributed by atoms with Crippen molar-refractivity contribution in [3.05, 3.63) is 0 Å². The van der Waals surface area contributed by atoms with Gasteiger partial charge in [-0.05, 0) is 41.0 Å². The molecule has 0 aromatic heterocycles. The Bertz CT molecular complexity index is 468. The van der Waals surface area contributed by atoms with Crippen molar-refractivity contribution in [1.82, 2.24) is 10.6 Å². The molecule has 1 atom stereocenters. The summed E-state index contributed by atoms with van der Waals surface area (Å²) in [5.41, 5.74) is -0.625. The highest BCUT2D eigenvalue weighted by molar-refractivity contribution is 5.88. The van der Waals surface area contributed by atoms with Crippen LogP contribution in [0.2, 0.25) is 0 Å². The second-order valence-electron chi connectivity index (χ2n) is 6.64. The van der Waals surface area contributed by atoms with E-state index >= 15 is 0 Å². The van der Waals surface area contributed by atoms with Gasteiger partial charge in [0, 0.05) is 13.3 Å². The third-order valence-corrected chi connectivity index (χ3v) is 2.53. The summed E-state index contributed by atoms with van der Waals surface area (Å²) in [6, 6.07) is -0.985. The number of hydrogen-bond acceptors (Lipinski definition) is 6. The van der Waals surface area contributed by atoms with E-state index in [1.54, 1.807) is 34.6 Å². The lowest BCUT2D eigenvalue weighted by Crippen LogP contribution is -2.46. The zero-order valence-electron chi connectivity index (χ0n) is 15.2. The molecule has 0 aliphatic carbocycles. The molecule has 1 unspecified atom stereocenters. The third kappa shape index (κ3) is 11.4. The quantitative estimate of drug-likeness (QED) is 0.627. The molecule has 0 spiro atoms. The highest BCUT2D eigenvalue weighted by Gasteiger charge is 2.25. The van der Waals surface area contributed by atoms with E-state index in [-0.39, 0.29) is 31.4 Å². The Labute approximate surface area is 142 Å². The maximum atomic E-state index is 12.0. The Kier molecular flexibility index (Phi) is 9.02. The van der Waals surface area contributed by atoms with E-state index in [2.05, 4.69) is 10.6 Å². The van der Waals surface area contributed by atoms with Gasteiger partial charge >= 0.3 is 11.9 Å². The monoisotopic (exact) mass is 344 g/mol. The lowest BCUT2D eigenvalue weighted by atomic mass is 10.1. The lowest BCUT2D eigenvalue weighted by molar-refractivity contribution is -0.156. The second-order valence-corrected chi connectivity index (χ2v) is 6.64. The first-order valence-corrected chi connectivity index (χ1v) is 7.87. The van der Waals surface area contributed by atoms with Crippen molar-refractivity contribution in [2.24, 2.45) is 0 Å². The summed E-state index contributed by atoms with van der Waals surface area (Å²) in [7, 11) is 0. The van der Waals surface area contributed by atoms with Crippen molar-refractivity contribution in [3.63, 3.8) is 0 Å². The fourth-order valence-corrected chi connectivity index (χ4v) is 1.67. The third-order valence-electron chi connectivity index (χ3n) is 2.53. The molecule has 0 aliphatic heterocycles. The summed E-state index contributed by atoms with van der Waals surface area (Å²) in [6.45, 7) is 9.61. The van der Waals surface area contributed by atoms with Crippen LogP contribution in [0.3, 0.4) is 0 Å². The van der Waals surface area contributed by atoms with Crippen LogP contribution in [-0.4, -0.2) is 48.0 Å². The topological polar surface area (TPSA) is 111 Å². The minimum Gasteiger partial charge on any atom is -0.461 e. The van der Waals surface area contributed by atoms with Crippen LogP contribution in [0.25, 0.3) is 0 Å². The standard InChI is InChI=1S/C16H28N2O6/c1-10(2)23-15(22)12(18-13(20)9-17-11(3)19)7-8-14(21)24-16(4,5)6/h10,12H,7-9H2,1-6H3,(H,17,19)(H,18,20). The molecule has 8 nitrogen and oxygen atoms in total. The molecule has 0 saturated carbocycles. The van der Waals surface area contributed by atoms with Crippen LogP contribution in [0.4, 0.5) is 0 Å². The summed E-state index contributed by atoms with van der Waals surface area (Å²) in [5.74, 6) is -2.01. The highest BCUT2D eigenvalue weighted by Crippen LogP contribution is 2.11. The van der Waals surface area contributed by atoms with E-state index in [1.807, 2.05) is 0 Å². The predicted molar refractivity (Wildman–Crippen MR) is 86.9 cm³/mol. The van der Waals surface area contributed by atoms with Crippen molar-refractivity contribution in [1.29, 1.82) is 0 Å². The number of rotatable bonds is 8. The zero-order valence-corrected chi connectivity index (χ0v) is 15.2. The molecule has 0 saturated heterocycles. The molecule has 0 aliphatic rings. The van der Waals surface area contributed by atoms with Crippen molar-refractivity contribution in [2.75, 3.05) is 6.54 Å². The number of nitrogens with one attached hydrogen (secondary N) is 2. The van der Waals surface area contributed by atoms with Gasteiger partial charge < -0.3 is 20.1 Å². The molecule has 0 aromatic rings. The summed E-state index contributed by atoms with van der Waals surface area (Å²) < 4.78 is 10.3. The Hall–Kier alpha value is -2.12. The molecule has 2 N–H and O–H groups in total. The van der Waals surface area contributed by atoms with Crippen LogP contribution in [0.1, 0.15) is 54.4 Å². The molecule has 0 radical (unpaired) electrons. The highest BCUT2D eigenvalue weighted by atomic mass is 16.6. The van der Waals surface area contributed by atoms with Gasteiger partial charge in [0.2, 0.25) is 11.8 Å². The van der Waals surface area contributed by atoms with Gasteiger partial charge in [-0.25, -0.2) is 4.79 Å². The second kappa shape index (κ2) is 9.89. The van der Waals surface area contributed by atoms with Gasteiger partial charge in [0.05, 0.1) is 12.6 Å². The first-order chi connectivity index (χ1) is 10.9. The van der Waals surface area contributed by atoms with E-state index in [0.29, 0.717) is 0 Å². The number of amides is 2. The average molecular weight is 344 g/mol. The predicted octanol–water partition coefficient (Wildman–Crippen LogP) is 0.681. The minimum atomic E-state index is -0.985. The summed E-state index contributed by atoms with van der Waals surface area (Å²) in [6.07, 6.45) is -0.351. The van der Waals surface area contributed by atoms with E-state index in [9.17, 15) is 19.2 Å². The summed E-state index contributed by atoms with van der Waals surface area (Å²) in [5, 5.41) is 4.79.